The lowest BCUT2D eigenvalue weighted by atomic mass is 9.93. The highest BCUT2D eigenvalue weighted by Gasteiger charge is 2.54. The third-order valence-electron chi connectivity index (χ3n) is 2.83. The van der Waals surface area contributed by atoms with E-state index in [1.807, 2.05) is 5.92 Å². The fraction of sp³-hybridized carbons (Fsp3) is 0.125. The van der Waals surface area contributed by atoms with Crippen LogP contribution in [-0.4, -0.2) is 11.3 Å². The maximum Gasteiger partial charge on any atom is 0.433 e. The van der Waals surface area contributed by atoms with Gasteiger partial charge in [0, 0.05) is 15.6 Å². The van der Waals surface area contributed by atoms with E-state index in [9.17, 15) is 18.3 Å². The van der Waals surface area contributed by atoms with Crippen LogP contribution >= 0.6 is 15.9 Å². The van der Waals surface area contributed by atoms with E-state index in [0.29, 0.717) is 10.0 Å². The van der Waals surface area contributed by atoms with Gasteiger partial charge in [0.15, 0.2) is 0 Å². The summed E-state index contributed by atoms with van der Waals surface area (Å²) in [5, 5.41) is 10.1. The molecule has 1 nitrogen and oxygen atoms in total. The van der Waals surface area contributed by atoms with E-state index in [2.05, 4.69) is 21.9 Å². The lowest BCUT2D eigenvalue weighted by Gasteiger charge is -2.25. The molecule has 0 fully saturated rings. The fourth-order valence-electron chi connectivity index (χ4n) is 1.68. The summed E-state index contributed by atoms with van der Waals surface area (Å²) in [5.41, 5.74) is -3.12. The zero-order valence-electron chi connectivity index (χ0n) is 10.7. The van der Waals surface area contributed by atoms with Gasteiger partial charge in [-0.05, 0) is 30.2 Å². The zero-order chi connectivity index (χ0) is 15.5. The number of alkyl halides is 3. The minimum absolute atomic E-state index is 0.318. The van der Waals surface area contributed by atoms with Crippen LogP contribution in [0.3, 0.4) is 0 Å². The largest absolute Gasteiger partial charge is 0.433 e. The predicted octanol–water partition coefficient (Wildman–Crippen LogP) is 4.25. The van der Waals surface area contributed by atoms with E-state index in [-0.39, 0.29) is 5.56 Å². The first-order valence-corrected chi connectivity index (χ1v) is 6.75. The van der Waals surface area contributed by atoms with Crippen LogP contribution in [0.2, 0.25) is 0 Å². The number of halogens is 4. The van der Waals surface area contributed by atoms with E-state index < -0.39 is 11.8 Å². The molecule has 0 radical (unpaired) electrons. The molecule has 0 aliphatic rings. The first kappa shape index (κ1) is 15.6. The molecule has 0 aliphatic carbocycles. The van der Waals surface area contributed by atoms with Crippen molar-refractivity contribution in [3.05, 3.63) is 70.2 Å². The summed E-state index contributed by atoms with van der Waals surface area (Å²) < 4.78 is 40.3. The standard InChI is InChI=1S/C16H10BrF3O/c17-14-8-6-13(7-9-14)15(21,16(18,19)20)11-10-12-4-2-1-3-5-12/h1-9,21H. The fourth-order valence-corrected chi connectivity index (χ4v) is 1.95. The van der Waals surface area contributed by atoms with Gasteiger partial charge in [-0.15, -0.1) is 0 Å². The van der Waals surface area contributed by atoms with E-state index >= 15 is 0 Å². The van der Waals surface area contributed by atoms with Gasteiger partial charge in [0.2, 0.25) is 5.60 Å². The molecular formula is C16H10BrF3O. The molecule has 0 heterocycles. The molecule has 2 rings (SSSR count). The Morgan fingerprint density at radius 2 is 1.48 bits per heavy atom. The molecule has 108 valence electrons. The summed E-state index contributed by atoms with van der Waals surface area (Å²) in [6.45, 7) is 0. The number of benzene rings is 2. The van der Waals surface area contributed by atoms with Crippen molar-refractivity contribution in [3.63, 3.8) is 0 Å². The second-order valence-corrected chi connectivity index (χ2v) is 5.25. The summed E-state index contributed by atoms with van der Waals surface area (Å²) in [7, 11) is 0. The number of rotatable bonds is 1. The Labute approximate surface area is 128 Å². The van der Waals surface area contributed by atoms with Gasteiger partial charge < -0.3 is 5.11 Å². The smallest absolute Gasteiger partial charge is 0.366 e. The molecular weight excluding hydrogens is 345 g/mol. The van der Waals surface area contributed by atoms with Crippen molar-refractivity contribution in [3.8, 4) is 11.8 Å². The highest BCUT2D eigenvalue weighted by Crippen LogP contribution is 2.38. The predicted molar refractivity (Wildman–Crippen MR) is 77.4 cm³/mol. The van der Waals surface area contributed by atoms with Crippen molar-refractivity contribution in [1.29, 1.82) is 0 Å². The Bertz CT molecular complexity index is 669. The Balaban J connectivity index is 2.49. The van der Waals surface area contributed by atoms with E-state index in [4.69, 9.17) is 0 Å². The minimum Gasteiger partial charge on any atom is -0.366 e. The third kappa shape index (κ3) is 3.46. The van der Waals surface area contributed by atoms with Crippen molar-refractivity contribution < 1.29 is 18.3 Å². The summed E-state index contributed by atoms with van der Waals surface area (Å²) in [6.07, 6.45) is -4.90. The van der Waals surface area contributed by atoms with Gasteiger partial charge in [0.1, 0.15) is 0 Å². The lowest BCUT2D eigenvalue weighted by Crippen LogP contribution is -2.41. The molecule has 1 unspecified atom stereocenters. The molecule has 0 spiro atoms. The van der Waals surface area contributed by atoms with Crippen molar-refractivity contribution >= 4 is 15.9 Å². The van der Waals surface area contributed by atoms with Gasteiger partial charge in [-0.3, -0.25) is 0 Å². The highest BCUT2D eigenvalue weighted by atomic mass is 79.9. The van der Waals surface area contributed by atoms with Crippen LogP contribution in [0.1, 0.15) is 11.1 Å². The molecule has 0 saturated carbocycles. The molecule has 0 amide bonds. The van der Waals surface area contributed by atoms with Crippen LogP contribution in [0.25, 0.3) is 0 Å². The van der Waals surface area contributed by atoms with Crippen molar-refractivity contribution in [2.45, 2.75) is 11.8 Å². The Morgan fingerprint density at radius 3 is 2.00 bits per heavy atom. The van der Waals surface area contributed by atoms with Crippen molar-refractivity contribution in [2.24, 2.45) is 0 Å². The average molecular weight is 355 g/mol. The van der Waals surface area contributed by atoms with E-state index in [1.165, 1.54) is 24.3 Å². The number of hydrogen-bond acceptors (Lipinski definition) is 1. The highest BCUT2D eigenvalue weighted by molar-refractivity contribution is 9.10. The normalized spacial score (nSPS) is 14.0. The molecule has 1 atom stereocenters. The SMILES string of the molecule is OC(C#Cc1ccccc1)(c1ccc(Br)cc1)C(F)(F)F. The maximum atomic E-state index is 13.2. The molecule has 0 aromatic heterocycles. The number of aliphatic hydroxyl groups is 1. The maximum absolute atomic E-state index is 13.2. The van der Waals surface area contributed by atoms with Gasteiger partial charge in [0.25, 0.3) is 0 Å². The molecule has 0 saturated heterocycles. The Kier molecular flexibility index (Phi) is 4.40. The van der Waals surface area contributed by atoms with Crippen LogP contribution in [-0.2, 0) is 5.60 Å². The topological polar surface area (TPSA) is 20.2 Å². The summed E-state index contributed by atoms with van der Waals surface area (Å²) in [6, 6.07) is 13.4. The van der Waals surface area contributed by atoms with Crippen LogP contribution in [0.4, 0.5) is 13.2 Å². The van der Waals surface area contributed by atoms with Gasteiger partial charge in [-0.25, -0.2) is 0 Å². The summed E-state index contributed by atoms with van der Waals surface area (Å²) in [4.78, 5) is 0. The van der Waals surface area contributed by atoms with Gasteiger partial charge in [-0.1, -0.05) is 52.2 Å². The monoisotopic (exact) mass is 354 g/mol. The molecule has 2 aromatic carbocycles. The van der Waals surface area contributed by atoms with Crippen LogP contribution in [0, 0.1) is 11.8 Å². The van der Waals surface area contributed by atoms with Gasteiger partial charge in [0.05, 0.1) is 0 Å². The van der Waals surface area contributed by atoms with Crippen LogP contribution in [0.5, 0.6) is 0 Å². The van der Waals surface area contributed by atoms with Gasteiger partial charge >= 0.3 is 6.18 Å². The molecule has 5 heteroatoms. The zero-order valence-corrected chi connectivity index (χ0v) is 12.2. The van der Waals surface area contributed by atoms with Crippen LogP contribution < -0.4 is 0 Å². The molecule has 0 aliphatic heterocycles. The molecule has 2 aromatic rings. The Morgan fingerprint density at radius 1 is 0.905 bits per heavy atom. The van der Waals surface area contributed by atoms with E-state index in [1.54, 1.807) is 30.3 Å². The van der Waals surface area contributed by atoms with Crippen molar-refractivity contribution in [1.82, 2.24) is 0 Å². The quantitative estimate of drug-likeness (QED) is 0.759. The second-order valence-electron chi connectivity index (χ2n) is 4.33. The Hall–Kier alpha value is -1.77. The lowest BCUT2D eigenvalue weighted by molar-refractivity contribution is -0.240. The molecule has 0 bridgehead atoms. The molecule has 1 N–H and O–H groups in total. The number of hydrogen-bond donors (Lipinski definition) is 1. The first-order valence-electron chi connectivity index (χ1n) is 5.96. The first-order chi connectivity index (χ1) is 9.83. The molecule has 21 heavy (non-hydrogen) atoms. The summed E-state index contributed by atoms with van der Waals surface area (Å²) in [5.74, 6) is 4.33. The minimum atomic E-state index is -4.90. The second kappa shape index (κ2) is 5.92. The third-order valence-corrected chi connectivity index (χ3v) is 3.36. The van der Waals surface area contributed by atoms with Gasteiger partial charge in [-0.2, -0.15) is 13.2 Å². The average Bonchev–Trinajstić information content (AvgIpc) is 2.45. The van der Waals surface area contributed by atoms with Crippen molar-refractivity contribution in [2.75, 3.05) is 0 Å². The van der Waals surface area contributed by atoms with Crippen LogP contribution in [0.15, 0.2) is 59.1 Å². The van der Waals surface area contributed by atoms with E-state index in [0.717, 1.165) is 0 Å². The summed E-state index contributed by atoms with van der Waals surface area (Å²) >= 11 is 3.14.